The van der Waals surface area contributed by atoms with E-state index < -0.39 is 16.3 Å². The van der Waals surface area contributed by atoms with Gasteiger partial charge in [0.1, 0.15) is 11.5 Å². The Morgan fingerprint density at radius 2 is 1.68 bits per heavy atom. The topological polar surface area (TPSA) is 78.0 Å². The molecule has 0 N–H and O–H groups in total. The van der Waals surface area contributed by atoms with E-state index in [1.807, 2.05) is 0 Å². The zero-order valence-corrected chi connectivity index (χ0v) is 14.9. The average molecular weight is 396 g/mol. The third kappa shape index (κ3) is 3.01. The Bertz CT molecular complexity index is 1290. The van der Waals surface area contributed by atoms with E-state index in [9.17, 15) is 19.3 Å². The molecule has 0 aliphatic heterocycles. The average Bonchev–Trinajstić information content (AvgIpc) is 2.69. The first kappa shape index (κ1) is 17.8. The minimum atomic E-state index is -0.605. The number of benzene rings is 3. The van der Waals surface area contributed by atoms with Gasteiger partial charge in [0, 0.05) is 22.0 Å². The lowest BCUT2D eigenvalue weighted by molar-refractivity contribution is -0.384. The lowest BCUT2D eigenvalue weighted by Gasteiger charge is -2.12. The van der Waals surface area contributed by atoms with E-state index in [2.05, 4.69) is 5.10 Å². The van der Waals surface area contributed by atoms with Crippen molar-refractivity contribution in [2.45, 2.75) is 0 Å². The van der Waals surface area contributed by atoms with Crippen molar-refractivity contribution in [2.75, 3.05) is 0 Å². The summed E-state index contributed by atoms with van der Waals surface area (Å²) >= 11 is 6.01. The highest BCUT2D eigenvalue weighted by Gasteiger charge is 2.20. The van der Waals surface area contributed by atoms with Crippen molar-refractivity contribution in [3.05, 3.63) is 98.0 Å². The predicted molar refractivity (Wildman–Crippen MR) is 104 cm³/mol. The summed E-state index contributed by atoms with van der Waals surface area (Å²) < 4.78 is 14.3. The van der Waals surface area contributed by atoms with Crippen LogP contribution in [0.5, 0.6) is 0 Å². The molecule has 0 saturated heterocycles. The molecule has 0 spiro atoms. The quantitative estimate of drug-likeness (QED) is 0.370. The number of halogens is 2. The number of nitro benzene ring substituents is 1. The minimum absolute atomic E-state index is 0.0448. The van der Waals surface area contributed by atoms with Crippen LogP contribution in [-0.4, -0.2) is 14.7 Å². The zero-order valence-electron chi connectivity index (χ0n) is 14.2. The summed E-state index contributed by atoms with van der Waals surface area (Å²) in [7, 11) is 0. The van der Waals surface area contributed by atoms with Crippen LogP contribution in [0.25, 0.3) is 27.7 Å². The molecule has 0 amide bonds. The summed E-state index contributed by atoms with van der Waals surface area (Å²) in [5, 5.41) is 16.9. The normalized spacial score (nSPS) is 10.9. The van der Waals surface area contributed by atoms with E-state index in [-0.39, 0.29) is 16.4 Å². The van der Waals surface area contributed by atoms with Crippen molar-refractivity contribution < 1.29 is 9.31 Å². The van der Waals surface area contributed by atoms with Crippen LogP contribution in [0.2, 0.25) is 5.02 Å². The van der Waals surface area contributed by atoms with Crippen LogP contribution in [0, 0.1) is 15.9 Å². The Labute approximate surface area is 162 Å². The van der Waals surface area contributed by atoms with Crippen molar-refractivity contribution in [1.82, 2.24) is 9.78 Å². The van der Waals surface area contributed by atoms with Crippen LogP contribution in [-0.2, 0) is 0 Å². The van der Waals surface area contributed by atoms with Crippen LogP contribution in [0.15, 0.2) is 71.5 Å². The summed E-state index contributed by atoms with van der Waals surface area (Å²) in [5.74, 6) is -0.410. The summed E-state index contributed by atoms with van der Waals surface area (Å²) in [6.07, 6.45) is 0. The van der Waals surface area contributed by atoms with Crippen LogP contribution in [0.1, 0.15) is 0 Å². The summed E-state index contributed by atoms with van der Waals surface area (Å²) in [6.45, 7) is 0. The highest BCUT2D eigenvalue weighted by atomic mass is 35.5. The Morgan fingerprint density at radius 1 is 1.00 bits per heavy atom. The van der Waals surface area contributed by atoms with E-state index in [0.717, 1.165) is 4.68 Å². The van der Waals surface area contributed by atoms with Crippen LogP contribution < -0.4 is 5.56 Å². The molecule has 0 fully saturated rings. The van der Waals surface area contributed by atoms with Gasteiger partial charge in [-0.3, -0.25) is 14.9 Å². The maximum Gasteiger partial charge on any atom is 0.295 e. The fraction of sp³-hybridized carbons (Fsp3) is 0. The van der Waals surface area contributed by atoms with Gasteiger partial charge in [0.2, 0.25) is 0 Å². The van der Waals surface area contributed by atoms with Gasteiger partial charge in [0.15, 0.2) is 0 Å². The molecule has 0 aliphatic carbocycles. The highest BCUT2D eigenvalue weighted by molar-refractivity contribution is 6.30. The lowest BCUT2D eigenvalue weighted by Crippen LogP contribution is -2.23. The molecule has 1 aromatic heterocycles. The van der Waals surface area contributed by atoms with Gasteiger partial charge in [-0.05, 0) is 42.5 Å². The lowest BCUT2D eigenvalue weighted by atomic mass is 10.0. The van der Waals surface area contributed by atoms with Gasteiger partial charge in [-0.1, -0.05) is 29.8 Å². The first-order chi connectivity index (χ1) is 13.5. The number of hydrogen-bond acceptors (Lipinski definition) is 4. The fourth-order valence-corrected chi connectivity index (χ4v) is 3.16. The molecule has 3 aromatic carbocycles. The molecule has 0 radical (unpaired) electrons. The van der Waals surface area contributed by atoms with E-state index in [0.29, 0.717) is 22.0 Å². The second kappa shape index (κ2) is 6.86. The first-order valence-corrected chi connectivity index (χ1v) is 8.56. The van der Waals surface area contributed by atoms with Gasteiger partial charge in [-0.25, -0.2) is 4.39 Å². The smallest absolute Gasteiger partial charge is 0.267 e. The van der Waals surface area contributed by atoms with Gasteiger partial charge < -0.3 is 0 Å². The minimum Gasteiger partial charge on any atom is -0.267 e. The third-order valence-corrected chi connectivity index (χ3v) is 4.52. The number of fused-ring (bicyclic) bond motifs is 1. The summed E-state index contributed by atoms with van der Waals surface area (Å²) in [5.41, 5.74) is 0.0864. The van der Waals surface area contributed by atoms with Crippen LogP contribution >= 0.6 is 11.6 Å². The predicted octanol–water partition coefficient (Wildman–Crippen LogP) is 4.75. The standard InChI is InChI=1S/C20H11ClFN3O3/c21-13-7-10-17(25(27)28)18(11-13)24-20(26)16-4-2-1-3-15(16)19(23-24)12-5-8-14(22)9-6-12/h1-11H. The molecule has 1 heterocycles. The molecule has 0 bridgehead atoms. The van der Waals surface area contributed by atoms with Crippen molar-refractivity contribution in [3.63, 3.8) is 0 Å². The first-order valence-electron chi connectivity index (χ1n) is 8.18. The van der Waals surface area contributed by atoms with Crippen molar-refractivity contribution in [1.29, 1.82) is 0 Å². The van der Waals surface area contributed by atoms with Gasteiger partial charge in [0.25, 0.3) is 11.2 Å². The monoisotopic (exact) mass is 395 g/mol. The molecular weight excluding hydrogens is 385 g/mol. The maximum atomic E-state index is 13.3. The molecule has 28 heavy (non-hydrogen) atoms. The zero-order chi connectivity index (χ0) is 19.8. The SMILES string of the molecule is O=c1c2ccccc2c(-c2ccc(F)cc2)nn1-c1cc(Cl)ccc1[N+](=O)[O-]. The second-order valence-electron chi connectivity index (χ2n) is 6.01. The highest BCUT2D eigenvalue weighted by Crippen LogP contribution is 2.29. The summed E-state index contributed by atoms with van der Waals surface area (Å²) in [4.78, 5) is 23.9. The largest absolute Gasteiger partial charge is 0.295 e. The number of nitro groups is 1. The van der Waals surface area contributed by atoms with Crippen molar-refractivity contribution in [3.8, 4) is 16.9 Å². The van der Waals surface area contributed by atoms with Crippen molar-refractivity contribution in [2.24, 2.45) is 0 Å². The van der Waals surface area contributed by atoms with E-state index in [1.165, 1.54) is 42.5 Å². The molecule has 4 aromatic rings. The third-order valence-electron chi connectivity index (χ3n) is 4.28. The van der Waals surface area contributed by atoms with Gasteiger partial charge >= 0.3 is 0 Å². The second-order valence-corrected chi connectivity index (χ2v) is 6.44. The molecule has 0 saturated carbocycles. The van der Waals surface area contributed by atoms with Gasteiger partial charge in [-0.2, -0.15) is 9.78 Å². The number of rotatable bonds is 3. The molecule has 138 valence electrons. The molecule has 0 unspecified atom stereocenters. The van der Waals surface area contributed by atoms with Gasteiger partial charge in [0.05, 0.1) is 16.0 Å². The molecular formula is C20H11ClFN3O3. The van der Waals surface area contributed by atoms with E-state index in [4.69, 9.17) is 11.6 Å². The number of aromatic nitrogens is 2. The fourth-order valence-electron chi connectivity index (χ4n) is 2.99. The Hall–Kier alpha value is -3.58. The van der Waals surface area contributed by atoms with Crippen molar-refractivity contribution >= 4 is 28.1 Å². The Kier molecular flexibility index (Phi) is 4.37. The Morgan fingerprint density at radius 3 is 2.36 bits per heavy atom. The van der Waals surface area contributed by atoms with Crippen LogP contribution in [0.3, 0.4) is 0 Å². The number of nitrogens with zero attached hydrogens (tertiary/aromatic N) is 3. The number of hydrogen-bond donors (Lipinski definition) is 0. The van der Waals surface area contributed by atoms with Crippen LogP contribution in [0.4, 0.5) is 10.1 Å². The maximum absolute atomic E-state index is 13.3. The van der Waals surface area contributed by atoms with E-state index in [1.54, 1.807) is 24.3 Å². The Balaban J connectivity index is 2.11. The molecule has 8 heteroatoms. The molecule has 4 rings (SSSR count). The summed E-state index contributed by atoms with van der Waals surface area (Å²) in [6, 6.07) is 16.3. The van der Waals surface area contributed by atoms with Gasteiger partial charge in [-0.15, -0.1) is 0 Å². The van der Waals surface area contributed by atoms with E-state index >= 15 is 0 Å². The molecule has 0 aliphatic rings. The molecule has 0 atom stereocenters. The molecule has 6 nitrogen and oxygen atoms in total.